The Morgan fingerprint density at radius 2 is 1.93 bits per heavy atom. The summed E-state index contributed by atoms with van der Waals surface area (Å²) in [6.07, 6.45) is 4.93. The number of nitrogens with one attached hydrogen (secondary N) is 1. The highest BCUT2D eigenvalue weighted by molar-refractivity contribution is 7.89. The topological polar surface area (TPSA) is 79.5 Å². The van der Waals surface area contributed by atoms with E-state index in [1.807, 2.05) is 12.1 Å². The van der Waals surface area contributed by atoms with Crippen molar-refractivity contribution in [1.29, 1.82) is 0 Å². The lowest BCUT2D eigenvalue weighted by Crippen LogP contribution is -2.23. The molecule has 0 fully saturated rings. The summed E-state index contributed by atoms with van der Waals surface area (Å²) in [6, 6.07) is 12.5. The minimum Gasteiger partial charge on any atom is -0.466 e. The van der Waals surface area contributed by atoms with Crippen LogP contribution in [0.4, 0.5) is 0 Å². The van der Waals surface area contributed by atoms with E-state index in [0.29, 0.717) is 15.5 Å². The molecule has 0 saturated carbocycles. The molecule has 4 rings (SSSR count). The first-order valence-electron chi connectivity index (χ1n) is 8.94. The van der Waals surface area contributed by atoms with Crippen molar-refractivity contribution in [2.75, 3.05) is 0 Å². The van der Waals surface area contributed by atoms with Crippen molar-refractivity contribution in [3.63, 3.8) is 0 Å². The number of aliphatic hydroxyl groups excluding tert-OH is 1. The lowest BCUT2D eigenvalue weighted by atomic mass is 9.92. The number of hydrogen-bond acceptors (Lipinski definition) is 5. The van der Waals surface area contributed by atoms with Gasteiger partial charge in [-0.25, -0.2) is 13.1 Å². The van der Waals surface area contributed by atoms with Crippen LogP contribution in [0.2, 0.25) is 0 Å². The van der Waals surface area contributed by atoms with Gasteiger partial charge >= 0.3 is 0 Å². The van der Waals surface area contributed by atoms with E-state index in [0.717, 1.165) is 29.7 Å². The fourth-order valence-electron chi connectivity index (χ4n) is 3.35. The van der Waals surface area contributed by atoms with Crippen LogP contribution in [0.15, 0.2) is 58.0 Å². The van der Waals surface area contributed by atoms with Gasteiger partial charge in [0.15, 0.2) is 0 Å². The van der Waals surface area contributed by atoms with Gasteiger partial charge in [0, 0.05) is 16.3 Å². The fourth-order valence-corrected chi connectivity index (χ4v) is 5.45. The van der Waals surface area contributed by atoms with Crippen LogP contribution in [0, 0.1) is 0 Å². The summed E-state index contributed by atoms with van der Waals surface area (Å²) in [6.45, 7) is 0.189. The van der Waals surface area contributed by atoms with Crippen LogP contribution in [0.5, 0.6) is 0 Å². The lowest BCUT2D eigenvalue weighted by molar-refractivity contribution is 0.193. The van der Waals surface area contributed by atoms with Crippen molar-refractivity contribution in [3.8, 4) is 0 Å². The number of sulfonamides is 1. The van der Waals surface area contributed by atoms with Gasteiger partial charge in [-0.15, -0.1) is 11.3 Å². The molecular weight excluding hydrogens is 382 g/mol. The first-order chi connectivity index (χ1) is 13.0. The van der Waals surface area contributed by atoms with Gasteiger partial charge in [-0.1, -0.05) is 6.07 Å². The average Bonchev–Trinajstić information content (AvgIpc) is 3.37. The number of fused-ring (bicyclic) bond motifs is 1. The molecule has 2 N–H and O–H groups in total. The molecule has 1 aliphatic rings. The molecule has 27 heavy (non-hydrogen) atoms. The number of benzene rings is 1. The van der Waals surface area contributed by atoms with Gasteiger partial charge in [0.05, 0.1) is 11.2 Å². The summed E-state index contributed by atoms with van der Waals surface area (Å²) < 4.78 is 33.2. The number of thiophene rings is 1. The van der Waals surface area contributed by atoms with Gasteiger partial charge < -0.3 is 9.52 Å². The van der Waals surface area contributed by atoms with Gasteiger partial charge in [0.2, 0.25) is 10.0 Å². The van der Waals surface area contributed by atoms with E-state index >= 15 is 0 Å². The van der Waals surface area contributed by atoms with Crippen LogP contribution < -0.4 is 4.72 Å². The van der Waals surface area contributed by atoms with E-state index in [-0.39, 0.29) is 6.54 Å². The SMILES string of the molecule is O=S(=O)(NCc1ccc([C@H](O)c2ccco2)s1)c1ccc2c(c1)CCCC2. The molecule has 0 saturated heterocycles. The number of hydrogen-bond donors (Lipinski definition) is 2. The maximum Gasteiger partial charge on any atom is 0.240 e. The zero-order valence-electron chi connectivity index (χ0n) is 14.7. The minimum atomic E-state index is -3.57. The number of furan rings is 1. The molecule has 1 atom stereocenters. The lowest BCUT2D eigenvalue weighted by Gasteiger charge is -2.16. The summed E-state index contributed by atoms with van der Waals surface area (Å²) in [5.74, 6) is 0.470. The smallest absolute Gasteiger partial charge is 0.240 e. The predicted octanol–water partition coefficient (Wildman–Crippen LogP) is 3.78. The summed E-state index contributed by atoms with van der Waals surface area (Å²) in [5.41, 5.74) is 2.40. The number of aliphatic hydroxyl groups is 1. The highest BCUT2D eigenvalue weighted by Gasteiger charge is 2.19. The van der Waals surface area contributed by atoms with Crippen LogP contribution >= 0.6 is 11.3 Å². The summed E-state index contributed by atoms with van der Waals surface area (Å²) in [4.78, 5) is 1.86. The van der Waals surface area contributed by atoms with Gasteiger partial charge in [-0.05, 0) is 73.2 Å². The van der Waals surface area contributed by atoms with Crippen molar-refractivity contribution in [1.82, 2.24) is 4.72 Å². The van der Waals surface area contributed by atoms with Crippen molar-refractivity contribution in [3.05, 3.63) is 75.4 Å². The van der Waals surface area contributed by atoms with Crippen LogP contribution in [0.3, 0.4) is 0 Å². The molecule has 7 heteroatoms. The second-order valence-corrected chi connectivity index (χ2v) is 9.65. The number of aryl methyl sites for hydroxylation is 2. The zero-order chi connectivity index (χ0) is 18.9. The molecule has 2 aromatic heterocycles. The van der Waals surface area contributed by atoms with Crippen LogP contribution in [-0.2, 0) is 29.4 Å². The quantitative estimate of drug-likeness (QED) is 0.656. The van der Waals surface area contributed by atoms with Crippen molar-refractivity contribution in [2.24, 2.45) is 0 Å². The van der Waals surface area contributed by atoms with E-state index in [1.165, 1.54) is 29.6 Å². The second-order valence-electron chi connectivity index (χ2n) is 6.68. The Morgan fingerprint density at radius 3 is 2.70 bits per heavy atom. The Morgan fingerprint density at radius 1 is 1.11 bits per heavy atom. The maximum atomic E-state index is 12.6. The van der Waals surface area contributed by atoms with Gasteiger partial charge in [-0.2, -0.15) is 0 Å². The molecule has 2 heterocycles. The number of rotatable bonds is 6. The summed E-state index contributed by atoms with van der Waals surface area (Å²) >= 11 is 1.36. The maximum absolute atomic E-state index is 12.6. The Hall–Kier alpha value is -1.93. The highest BCUT2D eigenvalue weighted by Crippen LogP contribution is 2.29. The molecule has 0 bridgehead atoms. The van der Waals surface area contributed by atoms with Crippen molar-refractivity contribution in [2.45, 2.75) is 43.2 Å². The average molecular weight is 404 g/mol. The minimum absolute atomic E-state index is 0.189. The highest BCUT2D eigenvalue weighted by atomic mass is 32.2. The molecule has 3 aromatic rings. The molecule has 0 unspecified atom stereocenters. The van der Waals surface area contributed by atoms with E-state index in [2.05, 4.69) is 4.72 Å². The third-order valence-electron chi connectivity index (χ3n) is 4.83. The summed E-state index contributed by atoms with van der Waals surface area (Å²) in [5, 5.41) is 10.3. The standard InChI is InChI=1S/C20H21NO4S2/c22-20(18-6-3-11-25-18)19-10-8-16(26-19)13-21-27(23,24)17-9-7-14-4-1-2-5-15(14)12-17/h3,6-12,20-22H,1-2,4-5,13H2/t20-/m1/s1. The van der Waals surface area contributed by atoms with E-state index in [9.17, 15) is 13.5 Å². The molecule has 0 radical (unpaired) electrons. The monoisotopic (exact) mass is 403 g/mol. The Labute approximate surface area is 162 Å². The zero-order valence-corrected chi connectivity index (χ0v) is 16.4. The van der Waals surface area contributed by atoms with Gasteiger partial charge in [0.1, 0.15) is 11.9 Å². The first kappa shape index (κ1) is 18.4. The van der Waals surface area contributed by atoms with E-state index in [4.69, 9.17) is 4.42 Å². The first-order valence-corrected chi connectivity index (χ1v) is 11.2. The Balaban J connectivity index is 1.45. The Bertz CT molecular complexity index is 1020. The molecule has 5 nitrogen and oxygen atoms in total. The molecule has 0 amide bonds. The van der Waals surface area contributed by atoms with E-state index < -0.39 is 16.1 Å². The third kappa shape index (κ3) is 4.01. The Kier molecular flexibility index (Phi) is 5.19. The predicted molar refractivity (Wildman–Crippen MR) is 104 cm³/mol. The molecule has 1 aromatic carbocycles. The summed E-state index contributed by atoms with van der Waals surface area (Å²) in [7, 11) is -3.57. The van der Waals surface area contributed by atoms with Gasteiger partial charge in [-0.3, -0.25) is 0 Å². The van der Waals surface area contributed by atoms with Gasteiger partial charge in [0.25, 0.3) is 0 Å². The van der Waals surface area contributed by atoms with Crippen LogP contribution in [-0.4, -0.2) is 13.5 Å². The van der Waals surface area contributed by atoms with Crippen molar-refractivity contribution < 1.29 is 17.9 Å². The van der Waals surface area contributed by atoms with Crippen LogP contribution in [0.1, 0.15) is 45.6 Å². The molecule has 1 aliphatic carbocycles. The second kappa shape index (κ2) is 7.59. The molecule has 142 valence electrons. The largest absolute Gasteiger partial charge is 0.466 e. The van der Waals surface area contributed by atoms with E-state index in [1.54, 1.807) is 30.3 Å². The molecule has 0 aliphatic heterocycles. The fraction of sp³-hybridized carbons (Fsp3) is 0.300. The van der Waals surface area contributed by atoms with Crippen LogP contribution in [0.25, 0.3) is 0 Å². The third-order valence-corrected chi connectivity index (χ3v) is 7.37. The normalized spacial score (nSPS) is 15.4. The van der Waals surface area contributed by atoms with Crippen molar-refractivity contribution >= 4 is 21.4 Å². The molecular formula is C20H21NO4S2. The molecule has 0 spiro atoms.